The van der Waals surface area contributed by atoms with E-state index in [0.29, 0.717) is 11.3 Å². The Morgan fingerprint density at radius 1 is 1.20 bits per heavy atom. The normalized spacial score (nSPS) is 18.9. The highest BCUT2D eigenvalue weighted by Gasteiger charge is 2.63. The topological polar surface area (TPSA) is 38.3 Å². The van der Waals surface area contributed by atoms with Crippen LogP contribution in [0.1, 0.15) is 18.0 Å². The van der Waals surface area contributed by atoms with Crippen LogP contribution in [0.2, 0.25) is 0 Å². The van der Waals surface area contributed by atoms with Crippen LogP contribution in [0, 0.1) is 0 Å². The zero-order valence-electron chi connectivity index (χ0n) is 10.0. The van der Waals surface area contributed by atoms with E-state index in [1.807, 2.05) is 0 Å². The molecule has 20 heavy (non-hydrogen) atoms. The average Bonchev–Trinajstić information content (AvgIpc) is 2.37. The predicted molar refractivity (Wildman–Crippen MR) is 58.4 cm³/mol. The second kappa shape index (κ2) is 4.92. The number of rotatable bonds is 2. The van der Waals surface area contributed by atoms with Crippen molar-refractivity contribution >= 4 is 5.91 Å². The molecule has 1 heterocycles. The van der Waals surface area contributed by atoms with Crippen LogP contribution in [0.4, 0.5) is 22.0 Å². The lowest BCUT2D eigenvalue weighted by Gasteiger charge is -2.28. The summed E-state index contributed by atoms with van der Waals surface area (Å²) in [7, 11) is 0. The van der Waals surface area contributed by atoms with E-state index in [9.17, 15) is 26.7 Å². The Hall–Kier alpha value is -1.86. The maximum Gasteiger partial charge on any atom is 0.463 e. The minimum Gasteiger partial charge on any atom is -0.493 e. The summed E-state index contributed by atoms with van der Waals surface area (Å²) in [5.41, 5.74) is 0.380. The van der Waals surface area contributed by atoms with Gasteiger partial charge in [0.15, 0.2) is 0 Å². The quantitative estimate of drug-likeness (QED) is 0.852. The molecule has 0 bridgehead atoms. The number of fused-ring (bicyclic) bond motifs is 1. The maximum atomic E-state index is 12.9. The van der Waals surface area contributed by atoms with Crippen LogP contribution in [-0.4, -0.2) is 24.6 Å². The zero-order chi connectivity index (χ0) is 15.0. The molecule has 0 aliphatic carbocycles. The second-order valence-electron chi connectivity index (χ2n) is 4.27. The Labute approximate surface area is 110 Å². The van der Waals surface area contributed by atoms with Crippen LogP contribution < -0.4 is 10.1 Å². The molecule has 2 rings (SSSR count). The third kappa shape index (κ3) is 2.54. The summed E-state index contributed by atoms with van der Waals surface area (Å²) in [5, 5.41) is 1.73. The number of halogens is 5. The van der Waals surface area contributed by atoms with E-state index in [0.717, 1.165) is 0 Å². The van der Waals surface area contributed by atoms with Gasteiger partial charge < -0.3 is 10.1 Å². The van der Waals surface area contributed by atoms with Crippen LogP contribution in [0.25, 0.3) is 0 Å². The number of carbonyl (C=O) groups excluding carboxylic acids is 1. The summed E-state index contributed by atoms with van der Waals surface area (Å²) in [6, 6.07) is 5.34. The van der Waals surface area contributed by atoms with E-state index < -0.39 is 24.0 Å². The molecule has 110 valence electrons. The summed E-state index contributed by atoms with van der Waals surface area (Å²) in [6.45, 7) is 0.125. The Morgan fingerprint density at radius 2 is 1.85 bits per heavy atom. The fourth-order valence-corrected chi connectivity index (χ4v) is 1.87. The van der Waals surface area contributed by atoms with Crippen molar-refractivity contribution in [2.24, 2.45) is 0 Å². The predicted octanol–water partition coefficient (Wildman–Crippen LogP) is 2.82. The fraction of sp³-hybridized carbons (Fsp3) is 0.417. The first-order valence-corrected chi connectivity index (χ1v) is 5.70. The first-order valence-electron chi connectivity index (χ1n) is 5.70. The highest BCUT2D eigenvalue weighted by molar-refractivity contribution is 5.84. The van der Waals surface area contributed by atoms with Gasteiger partial charge in [0.25, 0.3) is 0 Å². The molecule has 0 saturated carbocycles. The van der Waals surface area contributed by atoms with Gasteiger partial charge in [-0.15, -0.1) is 0 Å². The number of alkyl halides is 5. The van der Waals surface area contributed by atoms with Crippen LogP contribution in [0.15, 0.2) is 24.3 Å². The van der Waals surface area contributed by atoms with Crippen molar-refractivity contribution in [3.05, 3.63) is 29.8 Å². The minimum atomic E-state index is -5.91. The molecule has 0 aromatic heterocycles. The third-order valence-electron chi connectivity index (χ3n) is 2.91. The van der Waals surface area contributed by atoms with Gasteiger partial charge in [-0.1, -0.05) is 18.2 Å². The summed E-state index contributed by atoms with van der Waals surface area (Å²) in [4.78, 5) is 11.2. The summed E-state index contributed by atoms with van der Waals surface area (Å²) in [6.07, 6.45) is -5.79. The lowest BCUT2D eigenvalue weighted by atomic mass is 10.0. The van der Waals surface area contributed by atoms with Crippen LogP contribution in [0.3, 0.4) is 0 Å². The van der Waals surface area contributed by atoms with E-state index in [1.54, 1.807) is 23.5 Å². The molecule has 1 amide bonds. The van der Waals surface area contributed by atoms with Crippen molar-refractivity contribution in [3.63, 3.8) is 0 Å². The maximum absolute atomic E-state index is 12.9. The number of amides is 1. The third-order valence-corrected chi connectivity index (χ3v) is 2.91. The van der Waals surface area contributed by atoms with Crippen molar-refractivity contribution in [3.8, 4) is 5.75 Å². The number of para-hydroxylation sites is 1. The molecule has 8 heteroatoms. The van der Waals surface area contributed by atoms with Gasteiger partial charge in [-0.05, 0) is 6.07 Å². The summed E-state index contributed by atoms with van der Waals surface area (Å²) >= 11 is 0. The Morgan fingerprint density at radius 3 is 2.50 bits per heavy atom. The number of benzene rings is 1. The van der Waals surface area contributed by atoms with Gasteiger partial charge in [-0.3, -0.25) is 4.79 Å². The Balaban J connectivity index is 2.18. The fourth-order valence-electron chi connectivity index (χ4n) is 1.87. The Kier molecular flexibility index (Phi) is 3.58. The van der Waals surface area contributed by atoms with Gasteiger partial charge in [-0.25, -0.2) is 0 Å². The van der Waals surface area contributed by atoms with Crippen molar-refractivity contribution in [1.29, 1.82) is 0 Å². The average molecular weight is 295 g/mol. The monoisotopic (exact) mass is 295 g/mol. The first kappa shape index (κ1) is 14.5. The molecule has 1 aliphatic rings. The number of ether oxygens (including phenoxy) is 1. The number of hydrogen-bond donors (Lipinski definition) is 1. The number of hydrogen-bond acceptors (Lipinski definition) is 2. The largest absolute Gasteiger partial charge is 0.493 e. The zero-order valence-corrected chi connectivity index (χ0v) is 10.0. The number of carbonyl (C=O) groups is 1. The standard InChI is InChI=1S/C12H10F5NO2/c13-11(14,12(15,16)17)10(19)18-8-5-6-20-9-4-2-1-3-7(8)9/h1-4,8H,5-6H2,(H,18,19). The molecule has 1 aromatic carbocycles. The summed E-state index contributed by atoms with van der Waals surface area (Å²) in [5.74, 6) is -7.41. The molecule has 0 fully saturated rings. The van der Waals surface area contributed by atoms with Gasteiger partial charge in [0.2, 0.25) is 0 Å². The smallest absolute Gasteiger partial charge is 0.463 e. The van der Waals surface area contributed by atoms with Crippen LogP contribution in [0.5, 0.6) is 5.75 Å². The first-order chi connectivity index (χ1) is 9.23. The molecule has 1 atom stereocenters. The highest BCUT2D eigenvalue weighted by atomic mass is 19.4. The molecule has 3 nitrogen and oxygen atoms in total. The molecule has 0 spiro atoms. The second-order valence-corrected chi connectivity index (χ2v) is 4.27. The minimum absolute atomic E-state index is 0.122. The number of nitrogens with one attached hydrogen (secondary N) is 1. The van der Waals surface area contributed by atoms with Crippen molar-refractivity contribution in [2.45, 2.75) is 24.6 Å². The highest BCUT2D eigenvalue weighted by Crippen LogP contribution is 2.37. The van der Waals surface area contributed by atoms with Gasteiger partial charge in [0, 0.05) is 12.0 Å². The Bertz CT molecular complexity index is 515. The van der Waals surface area contributed by atoms with Gasteiger partial charge in [0.1, 0.15) is 5.75 Å². The molecular formula is C12H10F5NO2. The van der Waals surface area contributed by atoms with Gasteiger partial charge in [0.05, 0.1) is 12.6 Å². The van der Waals surface area contributed by atoms with E-state index in [-0.39, 0.29) is 13.0 Å². The van der Waals surface area contributed by atoms with Crippen molar-refractivity contribution in [1.82, 2.24) is 5.32 Å². The van der Waals surface area contributed by atoms with Gasteiger partial charge >= 0.3 is 18.0 Å². The van der Waals surface area contributed by atoms with Crippen LogP contribution >= 0.6 is 0 Å². The lowest BCUT2D eigenvalue weighted by Crippen LogP contribution is -2.51. The van der Waals surface area contributed by atoms with Crippen LogP contribution in [-0.2, 0) is 4.79 Å². The molecule has 0 saturated heterocycles. The molecular weight excluding hydrogens is 285 g/mol. The molecule has 1 aromatic rings. The van der Waals surface area contributed by atoms with E-state index in [1.165, 1.54) is 6.07 Å². The lowest BCUT2D eigenvalue weighted by molar-refractivity contribution is -0.270. The summed E-state index contributed by atoms with van der Waals surface area (Å²) < 4.78 is 67.3. The van der Waals surface area contributed by atoms with E-state index in [2.05, 4.69) is 0 Å². The molecule has 0 radical (unpaired) electrons. The van der Waals surface area contributed by atoms with Gasteiger partial charge in [-0.2, -0.15) is 22.0 Å². The molecule has 1 aliphatic heterocycles. The SMILES string of the molecule is O=C(NC1CCOc2ccccc21)C(F)(F)C(F)(F)F. The molecule has 1 N–H and O–H groups in total. The van der Waals surface area contributed by atoms with E-state index >= 15 is 0 Å². The van der Waals surface area contributed by atoms with Crippen molar-refractivity contribution < 1.29 is 31.5 Å². The molecule has 1 unspecified atom stereocenters. The van der Waals surface area contributed by atoms with E-state index in [4.69, 9.17) is 4.74 Å². The van der Waals surface area contributed by atoms with Crippen molar-refractivity contribution in [2.75, 3.05) is 6.61 Å².